The quantitative estimate of drug-likeness (QED) is 0.516. The molecular weight excluding hydrogens is 424 g/mol. The summed E-state index contributed by atoms with van der Waals surface area (Å²) in [6.45, 7) is 6.53. The molecule has 1 aromatic heterocycles. The number of carbonyl (C=O) groups excluding carboxylic acids is 1. The maximum atomic E-state index is 12.6. The number of fused-ring (bicyclic) bond motifs is 1. The van der Waals surface area contributed by atoms with Crippen LogP contribution in [-0.2, 0) is 16.6 Å². The molecule has 0 spiro atoms. The van der Waals surface area contributed by atoms with Crippen LogP contribution in [0, 0.1) is 6.92 Å². The molecule has 0 saturated carbocycles. The smallest absolute Gasteiger partial charge is 0.252 e. The lowest BCUT2D eigenvalue weighted by molar-refractivity contribution is 0.0952. The topological polar surface area (TPSA) is 93.1 Å². The third-order valence-electron chi connectivity index (χ3n) is 4.57. The van der Waals surface area contributed by atoms with Crippen LogP contribution >= 0.6 is 11.6 Å². The number of sulfonamides is 1. The molecule has 160 valence electrons. The van der Waals surface area contributed by atoms with Crippen molar-refractivity contribution in [1.29, 1.82) is 0 Å². The number of hydrogen-bond donors (Lipinski definition) is 2. The summed E-state index contributed by atoms with van der Waals surface area (Å²) in [5.41, 5.74) is 2.13. The zero-order valence-electron chi connectivity index (χ0n) is 17.1. The predicted octanol–water partition coefficient (Wildman–Crippen LogP) is 3.50. The molecule has 1 amide bonds. The highest BCUT2D eigenvalue weighted by atomic mass is 35.5. The Morgan fingerprint density at radius 2 is 1.93 bits per heavy atom. The van der Waals surface area contributed by atoms with Gasteiger partial charge in [0.2, 0.25) is 10.0 Å². The molecule has 0 aliphatic heterocycles. The Balaban J connectivity index is 1.65. The van der Waals surface area contributed by atoms with Crippen molar-refractivity contribution in [2.24, 2.45) is 0 Å². The van der Waals surface area contributed by atoms with Crippen molar-refractivity contribution < 1.29 is 13.2 Å². The maximum Gasteiger partial charge on any atom is 0.252 e. The minimum Gasteiger partial charge on any atom is -0.352 e. The van der Waals surface area contributed by atoms with E-state index in [1.54, 1.807) is 13.8 Å². The molecule has 3 aromatic rings. The molecular formula is C21H25ClN4O3S. The van der Waals surface area contributed by atoms with E-state index in [2.05, 4.69) is 19.6 Å². The van der Waals surface area contributed by atoms with Gasteiger partial charge in [-0.2, -0.15) is 0 Å². The number of hydrogen-bond acceptors (Lipinski definition) is 4. The monoisotopic (exact) mass is 448 g/mol. The second kappa shape index (κ2) is 9.16. The summed E-state index contributed by atoms with van der Waals surface area (Å²) >= 11 is 6.14. The van der Waals surface area contributed by atoms with Gasteiger partial charge in [0.1, 0.15) is 5.82 Å². The standard InChI is InChI=1S/C21H25ClN4O3S/c1-14(2)25-30(28,29)16-9-10-18(22)17(13-16)21(27)23-11-6-12-26-15(3)24-19-7-4-5-8-20(19)26/h4-5,7-10,13-14,25H,6,11-12H2,1-3H3,(H,23,27). The summed E-state index contributed by atoms with van der Waals surface area (Å²) in [6, 6.07) is 11.8. The Morgan fingerprint density at radius 3 is 2.67 bits per heavy atom. The summed E-state index contributed by atoms with van der Waals surface area (Å²) in [5.74, 6) is 0.509. The molecule has 0 aliphatic carbocycles. The third kappa shape index (κ3) is 5.00. The van der Waals surface area contributed by atoms with Crippen LogP contribution in [0.25, 0.3) is 11.0 Å². The summed E-state index contributed by atoms with van der Waals surface area (Å²) in [5, 5.41) is 3.02. The van der Waals surface area contributed by atoms with Crippen molar-refractivity contribution in [3.63, 3.8) is 0 Å². The lowest BCUT2D eigenvalue weighted by Crippen LogP contribution is -2.31. The lowest BCUT2D eigenvalue weighted by Gasteiger charge is -2.12. The van der Waals surface area contributed by atoms with Gasteiger partial charge in [-0.15, -0.1) is 0 Å². The van der Waals surface area contributed by atoms with E-state index in [4.69, 9.17) is 11.6 Å². The number of aromatic nitrogens is 2. The molecule has 0 saturated heterocycles. The molecule has 0 atom stereocenters. The van der Waals surface area contributed by atoms with E-state index in [1.165, 1.54) is 18.2 Å². The van der Waals surface area contributed by atoms with Gasteiger partial charge in [0.25, 0.3) is 5.91 Å². The van der Waals surface area contributed by atoms with E-state index in [0.717, 1.165) is 16.9 Å². The SMILES string of the molecule is Cc1nc2ccccc2n1CCCNC(=O)c1cc(S(=O)(=O)NC(C)C)ccc1Cl. The summed E-state index contributed by atoms with van der Waals surface area (Å²) < 4.78 is 29.3. The molecule has 30 heavy (non-hydrogen) atoms. The number of imidazole rings is 1. The fraction of sp³-hybridized carbons (Fsp3) is 0.333. The van der Waals surface area contributed by atoms with Gasteiger partial charge in [0.05, 0.1) is 26.5 Å². The van der Waals surface area contributed by atoms with Gasteiger partial charge in [-0.3, -0.25) is 4.79 Å². The van der Waals surface area contributed by atoms with Crippen LogP contribution in [-0.4, -0.2) is 36.5 Å². The highest BCUT2D eigenvalue weighted by molar-refractivity contribution is 7.89. The second-order valence-electron chi connectivity index (χ2n) is 7.33. The Kier molecular flexibility index (Phi) is 6.80. The number of para-hydroxylation sites is 2. The largest absolute Gasteiger partial charge is 0.352 e. The number of carbonyl (C=O) groups is 1. The molecule has 0 unspecified atom stereocenters. The first kappa shape index (κ1) is 22.3. The Labute approximate surface area is 181 Å². The number of benzene rings is 2. The van der Waals surface area contributed by atoms with Crippen LogP contribution in [0.15, 0.2) is 47.4 Å². The van der Waals surface area contributed by atoms with Crippen LogP contribution in [0.5, 0.6) is 0 Å². The molecule has 1 heterocycles. The molecule has 3 rings (SSSR count). The normalized spacial score (nSPS) is 11.9. The van der Waals surface area contributed by atoms with Gasteiger partial charge in [0, 0.05) is 19.1 Å². The number of amides is 1. The van der Waals surface area contributed by atoms with Gasteiger partial charge in [0.15, 0.2) is 0 Å². The summed E-state index contributed by atoms with van der Waals surface area (Å²) in [7, 11) is -3.71. The van der Waals surface area contributed by atoms with Crippen LogP contribution < -0.4 is 10.0 Å². The Bertz CT molecular complexity index is 1170. The highest BCUT2D eigenvalue weighted by Crippen LogP contribution is 2.21. The third-order valence-corrected chi connectivity index (χ3v) is 6.56. The van der Waals surface area contributed by atoms with Gasteiger partial charge < -0.3 is 9.88 Å². The van der Waals surface area contributed by atoms with Crippen LogP contribution in [0.1, 0.15) is 36.5 Å². The average molecular weight is 449 g/mol. The number of halogens is 1. The molecule has 0 aliphatic rings. The molecule has 2 aromatic carbocycles. The van der Waals surface area contributed by atoms with Crippen LogP contribution in [0.4, 0.5) is 0 Å². The van der Waals surface area contributed by atoms with Gasteiger partial charge >= 0.3 is 0 Å². The van der Waals surface area contributed by atoms with Crippen molar-refractivity contribution in [2.45, 2.75) is 44.7 Å². The molecule has 7 nitrogen and oxygen atoms in total. The van der Waals surface area contributed by atoms with Crippen LogP contribution in [0.3, 0.4) is 0 Å². The first-order valence-electron chi connectivity index (χ1n) is 9.71. The Hall–Kier alpha value is -2.42. The van der Waals surface area contributed by atoms with E-state index >= 15 is 0 Å². The van der Waals surface area contributed by atoms with E-state index < -0.39 is 15.9 Å². The lowest BCUT2D eigenvalue weighted by atomic mass is 10.2. The number of nitrogens with one attached hydrogen (secondary N) is 2. The number of rotatable bonds is 8. The molecule has 0 radical (unpaired) electrons. The van der Waals surface area contributed by atoms with Gasteiger partial charge in [-0.25, -0.2) is 18.1 Å². The number of aryl methyl sites for hydroxylation is 2. The van der Waals surface area contributed by atoms with E-state index in [0.29, 0.717) is 19.5 Å². The first-order chi connectivity index (χ1) is 14.2. The van der Waals surface area contributed by atoms with E-state index in [-0.39, 0.29) is 21.5 Å². The number of nitrogens with zero attached hydrogens (tertiary/aromatic N) is 2. The van der Waals surface area contributed by atoms with Crippen molar-refractivity contribution >= 4 is 38.6 Å². The fourth-order valence-electron chi connectivity index (χ4n) is 3.24. The van der Waals surface area contributed by atoms with Gasteiger partial charge in [-0.05, 0) is 57.5 Å². The van der Waals surface area contributed by atoms with Crippen LogP contribution in [0.2, 0.25) is 5.02 Å². The Morgan fingerprint density at radius 1 is 1.20 bits per heavy atom. The zero-order chi connectivity index (χ0) is 21.9. The van der Waals surface area contributed by atoms with Crippen molar-refractivity contribution in [3.8, 4) is 0 Å². The summed E-state index contributed by atoms with van der Waals surface area (Å²) in [6.07, 6.45) is 0.692. The molecule has 0 bridgehead atoms. The molecule has 0 fully saturated rings. The zero-order valence-corrected chi connectivity index (χ0v) is 18.7. The van der Waals surface area contributed by atoms with E-state index in [1.807, 2.05) is 31.2 Å². The minimum absolute atomic E-state index is 0.00580. The maximum absolute atomic E-state index is 12.6. The first-order valence-corrected chi connectivity index (χ1v) is 11.6. The highest BCUT2D eigenvalue weighted by Gasteiger charge is 2.19. The summed E-state index contributed by atoms with van der Waals surface area (Å²) in [4.78, 5) is 17.1. The van der Waals surface area contributed by atoms with Crippen molar-refractivity contribution in [1.82, 2.24) is 19.6 Å². The van der Waals surface area contributed by atoms with Gasteiger partial charge in [-0.1, -0.05) is 23.7 Å². The van der Waals surface area contributed by atoms with E-state index in [9.17, 15) is 13.2 Å². The molecule has 9 heteroatoms. The molecule has 2 N–H and O–H groups in total. The predicted molar refractivity (Wildman–Crippen MR) is 118 cm³/mol. The second-order valence-corrected chi connectivity index (χ2v) is 9.45. The fourth-order valence-corrected chi connectivity index (χ4v) is 4.72. The van der Waals surface area contributed by atoms with Crippen molar-refractivity contribution in [3.05, 3.63) is 58.9 Å². The average Bonchev–Trinajstić information content (AvgIpc) is 2.99. The van der Waals surface area contributed by atoms with Crippen molar-refractivity contribution in [2.75, 3.05) is 6.54 Å². The minimum atomic E-state index is -3.71.